The van der Waals surface area contributed by atoms with Gasteiger partial charge in [-0.1, -0.05) is 13.3 Å². The standard InChI is InChI=1S/C16H29N3O4.CH4O/c1-2-3-4-15(21)13-18-7-5-17(11-12-20)6-8-19(10-9-18)14-16(22)23;1-2/h12H,2-11,13-14H2,1H3,(H,22,23);2H,1H3. The molecule has 0 unspecified atom stereocenters. The molecule has 0 aromatic carbocycles. The van der Waals surface area contributed by atoms with E-state index in [1.807, 2.05) is 9.80 Å². The third-order valence-electron chi connectivity index (χ3n) is 4.10. The number of hydrogen-bond acceptors (Lipinski definition) is 7. The van der Waals surface area contributed by atoms with Crippen molar-refractivity contribution < 1.29 is 24.6 Å². The van der Waals surface area contributed by atoms with Crippen molar-refractivity contribution in [3.63, 3.8) is 0 Å². The largest absolute Gasteiger partial charge is 0.480 e. The number of nitrogens with zero attached hydrogens (tertiary/aromatic N) is 3. The van der Waals surface area contributed by atoms with Crippen molar-refractivity contribution in [1.29, 1.82) is 0 Å². The number of aldehydes is 1. The zero-order valence-corrected chi connectivity index (χ0v) is 15.5. The molecule has 0 amide bonds. The topological polar surface area (TPSA) is 101 Å². The zero-order chi connectivity index (χ0) is 19.1. The first-order valence-electron chi connectivity index (χ1n) is 8.84. The van der Waals surface area contributed by atoms with Gasteiger partial charge in [0.2, 0.25) is 0 Å². The molecule has 0 aliphatic carbocycles. The van der Waals surface area contributed by atoms with Crippen LogP contribution in [0, 0.1) is 0 Å². The van der Waals surface area contributed by atoms with Gasteiger partial charge in [-0.15, -0.1) is 0 Å². The van der Waals surface area contributed by atoms with Crippen LogP contribution in [0.5, 0.6) is 0 Å². The molecule has 0 radical (unpaired) electrons. The number of carboxylic acid groups (broad SMARTS) is 1. The maximum Gasteiger partial charge on any atom is 0.317 e. The summed E-state index contributed by atoms with van der Waals surface area (Å²) in [6.07, 6.45) is 3.39. The van der Waals surface area contributed by atoms with E-state index in [4.69, 9.17) is 10.2 Å². The number of carbonyl (C=O) groups is 3. The summed E-state index contributed by atoms with van der Waals surface area (Å²) in [4.78, 5) is 39.7. The fourth-order valence-electron chi connectivity index (χ4n) is 2.68. The Labute approximate surface area is 150 Å². The van der Waals surface area contributed by atoms with Crippen molar-refractivity contribution in [1.82, 2.24) is 14.7 Å². The second kappa shape index (κ2) is 14.9. The Morgan fingerprint density at radius 3 is 1.84 bits per heavy atom. The molecule has 8 heteroatoms. The SMILES string of the molecule is CCCCC(=O)CN1CCN(CC=O)CCN(CC(=O)O)CC1.CO. The lowest BCUT2D eigenvalue weighted by molar-refractivity contribution is -0.138. The van der Waals surface area contributed by atoms with Crippen LogP contribution in [0.1, 0.15) is 26.2 Å². The summed E-state index contributed by atoms with van der Waals surface area (Å²) in [6.45, 7) is 6.87. The number of Topliss-reactive ketones (excluding diaryl/α,β-unsaturated/α-hetero) is 1. The molecule has 146 valence electrons. The molecule has 1 aliphatic rings. The fraction of sp³-hybridized carbons (Fsp3) is 0.824. The van der Waals surface area contributed by atoms with E-state index in [0.29, 0.717) is 45.7 Å². The summed E-state index contributed by atoms with van der Waals surface area (Å²) in [5.74, 6) is -0.616. The molecule has 1 aliphatic heterocycles. The van der Waals surface area contributed by atoms with Crippen molar-refractivity contribution in [3.05, 3.63) is 0 Å². The van der Waals surface area contributed by atoms with Crippen LogP contribution in [0.15, 0.2) is 0 Å². The molecule has 0 saturated carbocycles. The van der Waals surface area contributed by atoms with Crippen molar-refractivity contribution in [2.75, 3.05) is 66.0 Å². The Morgan fingerprint density at radius 1 is 0.920 bits per heavy atom. The number of unbranched alkanes of at least 4 members (excludes halogenated alkanes) is 1. The number of hydrogen-bond donors (Lipinski definition) is 2. The predicted octanol–water partition coefficient (Wildman–Crippen LogP) is -0.443. The van der Waals surface area contributed by atoms with Gasteiger partial charge in [0, 0.05) is 52.8 Å². The van der Waals surface area contributed by atoms with E-state index in [1.54, 1.807) is 0 Å². The maximum absolute atomic E-state index is 12.0. The molecule has 1 fully saturated rings. The van der Waals surface area contributed by atoms with Crippen LogP contribution in [-0.4, -0.2) is 109 Å². The summed E-state index contributed by atoms with van der Waals surface area (Å²) in [6, 6.07) is 0. The van der Waals surface area contributed by atoms with Crippen molar-refractivity contribution in [3.8, 4) is 0 Å². The van der Waals surface area contributed by atoms with Crippen LogP contribution >= 0.6 is 0 Å². The van der Waals surface area contributed by atoms with E-state index in [2.05, 4.69) is 11.8 Å². The van der Waals surface area contributed by atoms with Crippen LogP contribution in [-0.2, 0) is 14.4 Å². The van der Waals surface area contributed by atoms with Gasteiger partial charge in [-0.2, -0.15) is 0 Å². The molecule has 25 heavy (non-hydrogen) atoms. The first-order valence-corrected chi connectivity index (χ1v) is 8.84. The molecule has 0 aromatic rings. The first kappa shape index (κ1) is 23.6. The minimum atomic E-state index is -0.850. The lowest BCUT2D eigenvalue weighted by Crippen LogP contribution is -2.40. The van der Waals surface area contributed by atoms with Crippen molar-refractivity contribution in [2.45, 2.75) is 26.2 Å². The number of aliphatic carboxylic acids is 1. The number of rotatable bonds is 9. The molecule has 0 spiro atoms. The minimum absolute atomic E-state index is 0.00739. The lowest BCUT2D eigenvalue weighted by Gasteiger charge is -2.24. The second-order valence-corrected chi connectivity index (χ2v) is 6.06. The van der Waals surface area contributed by atoms with Crippen LogP contribution in [0.2, 0.25) is 0 Å². The molecule has 0 bridgehead atoms. The van der Waals surface area contributed by atoms with Gasteiger partial charge in [0.1, 0.15) is 12.1 Å². The Balaban J connectivity index is 0.00000277. The normalized spacial score (nSPS) is 17.6. The van der Waals surface area contributed by atoms with E-state index in [9.17, 15) is 14.4 Å². The third-order valence-corrected chi connectivity index (χ3v) is 4.10. The summed E-state index contributed by atoms with van der Waals surface area (Å²) in [5.41, 5.74) is 0. The summed E-state index contributed by atoms with van der Waals surface area (Å²) in [5, 5.41) is 16.0. The third kappa shape index (κ3) is 11.8. The highest BCUT2D eigenvalue weighted by atomic mass is 16.4. The van der Waals surface area contributed by atoms with E-state index in [1.165, 1.54) is 0 Å². The average Bonchev–Trinajstić information content (AvgIpc) is 2.68. The van der Waals surface area contributed by atoms with Crippen LogP contribution in [0.3, 0.4) is 0 Å². The molecule has 1 heterocycles. The summed E-state index contributed by atoms with van der Waals surface area (Å²) >= 11 is 0. The summed E-state index contributed by atoms with van der Waals surface area (Å²) in [7, 11) is 1.00. The van der Waals surface area contributed by atoms with Gasteiger partial charge in [-0.3, -0.25) is 24.3 Å². The van der Waals surface area contributed by atoms with E-state index < -0.39 is 5.97 Å². The van der Waals surface area contributed by atoms with Crippen LogP contribution in [0.25, 0.3) is 0 Å². The van der Waals surface area contributed by atoms with Gasteiger partial charge in [-0.25, -0.2) is 0 Å². The molecule has 1 rings (SSSR count). The number of ketones is 1. The zero-order valence-electron chi connectivity index (χ0n) is 15.5. The first-order chi connectivity index (χ1) is 12.0. The van der Waals surface area contributed by atoms with Crippen LogP contribution in [0.4, 0.5) is 0 Å². The fourth-order valence-corrected chi connectivity index (χ4v) is 2.68. The van der Waals surface area contributed by atoms with Crippen molar-refractivity contribution in [2.24, 2.45) is 0 Å². The van der Waals surface area contributed by atoms with Gasteiger partial charge < -0.3 is 15.0 Å². The number of carbonyl (C=O) groups excluding carboxylic acids is 2. The number of carboxylic acids is 1. The summed E-state index contributed by atoms with van der Waals surface area (Å²) < 4.78 is 0. The molecule has 1 saturated heterocycles. The Kier molecular flexibility index (Phi) is 14.1. The van der Waals surface area contributed by atoms with Gasteiger partial charge in [0.15, 0.2) is 0 Å². The molecular formula is C17H33N3O5. The second-order valence-electron chi connectivity index (χ2n) is 6.06. The highest BCUT2D eigenvalue weighted by molar-refractivity contribution is 5.80. The predicted molar refractivity (Wildman–Crippen MR) is 95.7 cm³/mol. The van der Waals surface area contributed by atoms with Gasteiger partial charge in [0.25, 0.3) is 0 Å². The molecule has 0 aromatic heterocycles. The van der Waals surface area contributed by atoms with Gasteiger partial charge in [-0.05, 0) is 6.42 Å². The quantitative estimate of drug-likeness (QED) is 0.534. The monoisotopic (exact) mass is 359 g/mol. The lowest BCUT2D eigenvalue weighted by atomic mass is 10.2. The Bertz CT molecular complexity index is 392. The van der Waals surface area contributed by atoms with E-state index in [-0.39, 0.29) is 12.3 Å². The van der Waals surface area contributed by atoms with Crippen LogP contribution < -0.4 is 0 Å². The number of aliphatic hydroxyl groups excluding tert-OH is 1. The Morgan fingerprint density at radius 2 is 1.40 bits per heavy atom. The Hall–Kier alpha value is -1.35. The maximum atomic E-state index is 12.0. The molecule has 0 atom stereocenters. The molecule has 8 nitrogen and oxygen atoms in total. The van der Waals surface area contributed by atoms with E-state index >= 15 is 0 Å². The molecule has 2 N–H and O–H groups in total. The smallest absolute Gasteiger partial charge is 0.317 e. The highest BCUT2D eigenvalue weighted by Crippen LogP contribution is 2.03. The minimum Gasteiger partial charge on any atom is -0.480 e. The molecular weight excluding hydrogens is 326 g/mol. The highest BCUT2D eigenvalue weighted by Gasteiger charge is 2.19. The number of aliphatic hydroxyl groups is 1. The van der Waals surface area contributed by atoms with Gasteiger partial charge in [0.05, 0.1) is 19.6 Å². The average molecular weight is 359 g/mol. The van der Waals surface area contributed by atoms with Crippen molar-refractivity contribution >= 4 is 18.0 Å². The van der Waals surface area contributed by atoms with E-state index in [0.717, 1.165) is 39.3 Å². The van der Waals surface area contributed by atoms with Gasteiger partial charge >= 0.3 is 5.97 Å².